The third kappa shape index (κ3) is 2.20. The standard InChI is InChI=1S/C16H15FN4O/c1-10-14-15(18-9-19-16(14)22-20-10)21(12-6-7-12)8-11-4-2-3-5-13(11)17/h2-5,9,12H,6-8H2,1H3. The molecule has 2 heterocycles. The van der Waals surface area contributed by atoms with E-state index >= 15 is 0 Å². The molecule has 1 aliphatic rings. The topological polar surface area (TPSA) is 55.1 Å². The molecule has 22 heavy (non-hydrogen) atoms. The summed E-state index contributed by atoms with van der Waals surface area (Å²) in [5.41, 5.74) is 1.89. The Morgan fingerprint density at radius 2 is 2.09 bits per heavy atom. The van der Waals surface area contributed by atoms with Crippen LogP contribution in [0.15, 0.2) is 35.1 Å². The molecule has 0 saturated heterocycles. The van der Waals surface area contributed by atoms with Gasteiger partial charge in [-0.3, -0.25) is 0 Å². The summed E-state index contributed by atoms with van der Waals surface area (Å²) in [6.07, 6.45) is 3.65. The van der Waals surface area contributed by atoms with Crippen molar-refractivity contribution in [3.63, 3.8) is 0 Å². The molecule has 4 rings (SSSR count). The predicted molar refractivity (Wildman–Crippen MR) is 79.9 cm³/mol. The first kappa shape index (κ1) is 13.2. The highest BCUT2D eigenvalue weighted by Gasteiger charge is 2.32. The Bertz CT molecular complexity index is 828. The van der Waals surface area contributed by atoms with Crippen LogP contribution in [0.25, 0.3) is 11.1 Å². The quantitative estimate of drug-likeness (QED) is 0.740. The number of fused-ring (bicyclic) bond motifs is 1. The van der Waals surface area contributed by atoms with Crippen LogP contribution in [-0.4, -0.2) is 21.2 Å². The lowest BCUT2D eigenvalue weighted by Crippen LogP contribution is -2.26. The Morgan fingerprint density at radius 3 is 2.86 bits per heavy atom. The molecular formula is C16H15FN4O. The van der Waals surface area contributed by atoms with Crippen LogP contribution >= 0.6 is 0 Å². The highest BCUT2D eigenvalue weighted by atomic mass is 19.1. The molecule has 112 valence electrons. The van der Waals surface area contributed by atoms with Gasteiger partial charge in [-0.05, 0) is 25.8 Å². The molecule has 0 amide bonds. The lowest BCUT2D eigenvalue weighted by Gasteiger charge is -2.24. The van der Waals surface area contributed by atoms with Gasteiger partial charge in [0.05, 0.1) is 5.69 Å². The highest BCUT2D eigenvalue weighted by Crippen LogP contribution is 2.36. The Hall–Kier alpha value is -2.50. The molecule has 1 saturated carbocycles. The second-order valence-corrected chi connectivity index (χ2v) is 5.60. The molecule has 0 spiro atoms. The maximum absolute atomic E-state index is 14.0. The van der Waals surface area contributed by atoms with Crippen LogP contribution in [-0.2, 0) is 6.54 Å². The normalized spacial score (nSPS) is 14.5. The van der Waals surface area contributed by atoms with E-state index in [-0.39, 0.29) is 5.82 Å². The fourth-order valence-corrected chi connectivity index (χ4v) is 2.69. The largest absolute Gasteiger partial charge is 0.348 e. The van der Waals surface area contributed by atoms with Gasteiger partial charge in [0.2, 0.25) is 0 Å². The Labute approximate surface area is 126 Å². The van der Waals surface area contributed by atoms with E-state index in [0.717, 1.165) is 29.7 Å². The molecule has 6 heteroatoms. The van der Waals surface area contributed by atoms with Crippen molar-refractivity contribution >= 4 is 16.9 Å². The van der Waals surface area contributed by atoms with E-state index in [4.69, 9.17) is 4.52 Å². The minimum absolute atomic E-state index is 0.194. The summed E-state index contributed by atoms with van der Waals surface area (Å²) in [6, 6.07) is 7.23. The number of aryl methyl sites for hydroxylation is 1. The van der Waals surface area contributed by atoms with Gasteiger partial charge in [0.1, 0.15) is 23.3 Å². The van der Waals surface area contributed by atoms with Crippen molar-refractivity contribution in [3.05, 3.63) is 47.7 Å². The molecule has 1 aliphatic carbocycles. The van der Waals surface area contributed by atoms with Crippen LogP contribution < -0.4 is 4.90 Å². The van der Waals surface area contributed by atoms with E-state index < -0.39 is 0 Å². The molecule has 0 unspecified atom stereocenters. The molecule has 1 fully saturated rings. The lowest BCUT2D eigenvalue weighted by atomic mass is 10.2. The minimum Gasteiger partial charge on any atom is -0.348 e. The average Bonchev–Trinajstić information content (AvgIpc) is 3.30. The number of aromatic nitrogens is 3. The first-order valence-corrected chi connectivity index (χ1v) is 7.31. The molecule has 5 nitrogen and oxygen atoms in total. The number of hydrogen-bond donors (Lipinski definition) is 0. The van der Waals surface area contributed by atoms with E-state index in [0.29, 0.717) is 23.9 Å². The van der Waals surface area contributed by atoms with Crippen LogP contribution in [0.3, 0.4) is 0 Å². The van der Waals surface area contributed by atoms with E-state index in [1.165, 1.54) is 12.4 Å². The summed E-state index contributed by atoms with van der Waals surface area (Å²) in [7, 11) is 0. The first-order chi connectivity index (χ1) is 10.7. The number of benzene rings is 1. The van der Waals surface area contributed by atoms with Gasteiger partial charge in [0.25, 0.3) is 5.71 Å². The molecule has 0 bridgehead atoms. The van der Waals surface area contributed by atoms with Crippen LogP contribution in [0.5, 0.6) is 0 Å². The second kappa shape index (κ2) is 5.05. The van der Waals surface area contributed by atoms with Gasteiger partial charge in [-0.2, -0.15) is 4.98 Å². The van der Waals surface area contributed by atoms with Crippen molar-refractivity contribution < 1.29 is 8.91 Å². The summed E-state index contributed by atoms with van der Waals surface area (Å²) >= 11 is 0. The summed E-state index contributed by atoms with van der Waals surface area (Å²) < 4.78 is 19.2. The maximum Gasteiger partial charge on any atom is 0.263 e. The Kier molecular flexibility index (Phi) is 3.03. The van der Waals surface area contributed by atoms with Crippen molar-refractivity contribution in [1.82, 2.24) is 15.1 Å². The van der Waals surface area contributed by atoms with Crippen LogP contribution in [0, 0.1) is 12.7 Å². The molecule has 1 aromatic carbocycles. The fraction of sp³-hybridized carbons (Fsp3) is 0.312. The van der Waals surface area contributed by atoms with Crippen molar-refractivity contribution in [2.75, 3.05) is 4.90 Å². The smallest absolute Gasteiger partial charge is 0.263 e. The molecule has 0 N–H and O–H groups in total. The van der Waals surface area contributed by atoms with Gasteiger partial charge < -0.3 is 9.42 Å². The molecule has 0 atom stereocenters. The predicted octanol–water partition coefficient (Wildman–Crippen LogP) is 3.23. The van der Waals surface area contributed by atoms with Gasteiger partial charge in [-0.15, -0.1) is 0 Å². The monoisotopic (exact) mass is 298 g/mol. The Morgan fingerprint density at radius 1 is 1.27 bits per heavy atom. The van der Waals surface area contributed by atoms with E-state index in [1.807, 2.05) is 19.1 Å². The summed E-state index contributed by atoms with van der Waals surface area (Å²) in [4.78, 5) is 10.7. The molecular weight excluding hydrogens is 283 g/mol. The maximum atomic E-state index is 14.0. The first-order valence-electron chi connectivity index (χ1n) is 7.31. The van der Waals surface area contributed by atoms with Gasteiger partial charge >= 0.3 is 0 Å². The molecule has 0 aliphatic heterocycles. The number of hydrogen-bond acceptors (Lipinski definition) is 5. The summed E-state index contributed by atoms with van der Waals surface area (Å²) in [5, 5.41) is 4.78. The van der Waals surface area contributed by atoms with Crippen LogP contribution in [0.4, 0.5) is 10.2 Å². The van der Waals surface area contributed by atoms with Crippen molar-refractivity contribution in [3.8, 4) is 0 Å². The summed E-state index contributed by atoms with van der Waals surface area (Å²) in [5.74, 6) is 0.579. The van der Waals surface area contributed by atoms with Gasteiger partial charge in [0, 0.05) is 18.2 Å². The van der Waals surface area contributed by atoms with Crippen molar-refractivity contribution in [1.29, 1.82) is 0 Å². The van der Waals surface area contributed by atoms with Crippen molar-refractivity contribution in [2.45, 2.75) is 32.4 Å². The van der Waals surface area contributed by atoms with Gasteiger partial charge in [0.15, 0.2) is 0 Å². The van der Waals surface area contributed by atoms with E-state index in [2.05, 4.69) is 20.0 Å². The fourth-order valence-electron chi connectivity index (χ4n) is 2.69. The molecule has 3 aromatic rings. The SMILES string of the molecule is Cc1noc2ncnc(N(Cc3ccccc3F)C3CC3)c12. The van der Waals surface area contributed by atoms with Gasteiger partial charge in [-0.1, -0.05) is 23.4 Å². The third-order valence-corrected chi connectivity index (χ3v) is 3.98. The second-order valence-electron chi connectivity index (χ2n) is 5.60. The molecule has 0 radical (unpaired) electrons. The highest BCUT2D eigenvalue weighted by molar-refractivity contribution is 5.88. The van der Waals surface area contributed by atoms with Crippen LogP contribution in [0.2, 0.25) is 0 Å². The van der Waals surface area contributed by atoms with E-state index in [1.54, 1.807) is 6.07 Å². The molecule has 2 aromatic heterocycles. The number of nitrogens with zero attached hydrogens (tertiary/aromatic N) is 4. The minimum atomic E-state index is -0.194. The lowest BCUT2D eigenvalue weighted by molar-refractivity contribution is 0.442. The number of halogens is 1. The average molecular weight is 298 g/mol. The zero-order valence-corrected chi connectivity index (χ0v) is 12.2. The van der Waals surface area contributed by atoms with Crippen LogP contribution in [0.1, 0.15) is 24.1 Å². The summed E-state index contributed by atoms with van der Waals surface area (Å²) in [6.45, 7) is 2.35. The van der Waals surface area contributed by atoms with Crippen molar-refractivity contribution in [2.24, 2.45) is 0 Å². The third-order valence-electron chi connectivity index (χ3n) is 3.98. The number of rotatable bonds is 4. The Balaban J connectivity index is 1.79. The van der Waals surface area contributed by atoms with Gasteiger partial charge in [-0.25, -0.2) is 9.37 Å². The zero-order valence-electron chi connectivity index (χ0n) is 12.2. The zero-order chi connectivity index (χ0) is 15.1. The van der Waals surface area contributed by atoms with E-state index in [9.17, 15) is 4.39 Å². The number of anilines is 1.